The molecule has 39 heavy (non-hydrogen) atoms. The molecule has 2 fully saturated rings. The van der Waals surface area contributed by atoms with E-state index in [1.165, 1.54) is 17.8 Å². The van der Waals surface area contributed by atoms with E-state index in [9.17, 15) is 19.3 Å². The van der Waals surface area contributed by atoms with Gasteiger partial charge in [-0.1, -0.05) is 11.8 Å². The number of aliphatic hydroxyl groups excluding tert-OH is 1. The number of aliphatic hydroxyl groups is 1. The highest BCUT2D eigenvalue weighted by Gasteiger charge is 2.63. The van der Waals surface area contributed by atoms with Crippen molar-refractivity contribution < 1.29 is 47.0 Å². The summed E-state index contributed by atoms with van der Waals surface area (Å²) in [5, 5.41) is 9.10. The second-order valence-corrected chi connectivity index (χ2v) is 12.4. The Balaban J connectivity index is 1.56. The van der Waals surface area contributed by atoms with Gasteiger partial charge in [-0.2, -0.15) is 9.97 Å². The van der Waals surface area contributed by atoms with Gasteiger partial charge in [-0.3, -0.25) is 27.7 Å². The molecule has 2 aromatic heterocycles. The second-order valence-electron chi connectivity index (χ2n) is 9.73. The number of carbonyl (C=O) groups is 2. The average molecular weight is 590 g/mol. The number of thioether (sulfide) groups is 1. The first kappa shape index (κ1) is 29.6. The quantitative estimate of drug-likeness (QED) is 0.231. The van der Waals surface area contributed by atoms with E-state index in [0.29, 0.717) is 12.1 Å². The van der Waals surface area contributed by atoms with Gasteiger partial charge in [0.25, 0.3) is 0 Å². The largest absolute Gasteiger partial charge is 0.476 e. The van der Waals surface area contributed by atoms with E-state index >= 15 is 0 Å². The Labute approximate surface area is 228 Å². The first-order valence-electron chi connectivity index (χ1n) is 12.2. The van der Waals surface area contributed by atoms with Crippen molar-refractivity contribution in [2.75, 3.05) is 37.9 Å². The summed E-state index contributed by atoms with van der Waals surface area (Å²) in [6, 6.07) is 0. The molecule has 0 spiro atoms. The monoisotopic (exact) mass is 589 g/mol. The molecule has 0 aliphatic carbocycles. The molecule has 0 unspecified atom stereocenters. The maximum absolute atomic E-state index is 13.3. The normalized spacial score (nSPS) is 28.8. The van der Waals surface area contributed by atoms with E-state index < -0.39 is 43.2 Å². The number of fused-ring (bicyclic) bond motifs is 2. The Morgan fingerprint density at radius 2 is 2.13 bits per heavy atom. The summed E-state index contributed by atoms with van der Waals surface area (Å²) >= 11 is 0.935. The lowest BCUT2D eigenvalue weighted by Gasteiger charge is -2.37. The minimum absolute atomic E-state index is 0.0616. The van der Waals surface area contributed by atoms with Gasteiger partial charge in [0.2, 0.25) is 11.8 Å². The number of nitrogens with two attached hydrogens (primary N) is 1. The zero-order valence-corrected chi connectivity index (χ0v) is 23.9. The fraction of sp³-hybridized carbons (Fsp3) is 0.682. The minimum Gasteiger partial charge on any atom is -0.476 e. The molecule has 2 aliphatic rings. The third kappa shape index (κ3) is 5.92. The van der Waals surface area contributed by atoms with Crippen molar-refractivity contribution in [1.82, 2.24) is 19.5 Å². The highest BCUT2D eigenvalue weighted by Crippen LogP contribution is 2.59. The van der Waals surface area contributed by atoms with Crippen LogP contribution < -0.4 is 10.5 Å². The number of anilines is 1. The zero-order valence-electron chi connectivity index (χ0n) is 22.2. The summed E-state index contributed by atoms with van der Waals surface area (Å²) in [4.78, 5) is 37.1. The molecule has 4 rings (SSSR count). The van der Waals surface area contributed by atoms with Crippen LogP contribution in [0.2, 0.25) is 0 Å². The number of hydrogen-bond acceptors (Lipinski definition) is 15. The van der Waals surface area contributed by atoms with Crippen LogP contribution in [-0.4, -0.2) is 85.7 Å². The van der Waals surface area contributed by atoms with Crippen molar-refractivity contribution in [2.24, 2.45) is 5.41 Å². The van der Waals surface area contributed by atoms with Gasteiger partial charge in [-0.15, -0.1) is 0 Å². The molecule has 2 saturated heterocycles. The van der Waals surface area contributed by atoms with Crippen molar-refractivity contribution in [3.8, 4) is 5.88 Å². The molecule has 4 heterocycles. The van der Waals surface area contributed by atoms with E-state index in [1.807, 2.05) is 0 Å². The lowest BCUT2D eigenvalue weighted by Crippen LogP contribution is -2.50. The minimum atomic E-state index is -4.13. The molecule has 3 N–H and O–H groups in total. The van der Waals surface area contributed by atoms with Crippen molar-refractivity contribution in [3.63, 3.8) is 0 Å². The Kier molecular flexibility index (Phi) is 8.57. The smallest absolute Gasteiger partial charge is 0.475 e. The first-order chi connectivity index (χ1) is 18.3. The van der Waals surface area contributed by atoms with Crippen LogP contribution >= 0.6 is 19.6 Å². The predicted octanol–water partition coefficient (Wildman–Crippen LogP) is 1.84. The molecule has 17 heteroatoms. The number of nitrogen functional groups attached to an aromatic ring is 1. The molecule has 2 aliphatic heterocycles. The second kappa shape index (κ2) is 11.3. The maximum atomic E-state index is 13.3. The van der Waals surface area contributed by atoms with Crippen molar-refractivity contribution in [2.45, 2.75) is 58.7 Å². The summed E-state index contributed by atoms with van der Waals surface area (Å²) < 4.78 is 48.9. The topological polar surface area (TPSA) is 196 Å². The summed E-state index contributed by atoms with van der Waals surface area (Å²) in [6.07, 6.45) is -1.47. The summed E-state index contributed by atoms with van der Waals surface area (Å²) in [5.41, 5.74) is 4.03. The number of imidazole rings is 1. The molecule has 5 atom stereocenters. The van der Waals surface area contributed by atoms with Gasteiger partial charge in [-0.05, 0) is 27.7 Å². The number of ether oxygens (including phenoxy) is 3. The number of phosphoric acid groups is 1. The van der Waals surface area contributed by atoms with Crippen molar-refractivity contribution >= 4 is 47.8 Å². The number of aromatic nitrogens is 4. The summed E-state index contributed by atoms with van der Waals surface area (Å²) in [7, 11) is -4.13. The Morgan fingerprint density at radius 3 is 2.79 bits per heavy atom. The van der Waals surface area contributed by atoms with Crippen LogP contribution in [0.4, 0.5) is 5.95 Å². The number of hydrogen-bond donors (Lipinski definition) is 2. The number of rotatable bonds is 10. The molecule has 216 valence electrons. The van der Waals surface area contributed by atoms with Crippen LogP contribution in [0.25, 0.3) is 11.2 Å². The highest BCUT2D eigenvalue weighted by atomic mass is 32.2. The molecule has 0 radical (unpaired) electrons. The first-order valence-corrected chi connectivity index (χ1v) is 14.6. The van der Waals surface area contributed by atoms with Gasteiger partial charge in [0.15, 0.2) is 28.1 Å². The summed E-state index contributed by atoms with van der Waals surface area (Å²) in [5.74, 6) is -0.363. The van der Waals surface area contributed by atoms with E-state index in [4.69, 9.17) is 33.5 Å². The van der Waals surface area contributed by atoms with Crippen LogP contribution in [-0.2, 0) is 37.2 Å². The lowest BCUT2D eigenvalue weighted by molar-refractivity contribution is -0.175. The fourth-order valence-electron chi connectivity index (χ4n) is 4.20. The van der Waals surface area contributed by atoms with Gasteiger partial charge < -0.3 is 25.1 Å². The predicted molar refractivity (Wildman–Crippen MR) is 138 cm³/mol. The van der Waals surface area contributed by atoms with E-state index in [-0.39, 0.29) is 48.2 Å². The van der Waals surface area contributed by atoms with Crippen LogP contribution in [0.5, 0.6) is 5.88 Å². The van der Waals surface area contributed by atoms with Gasteiger partial charge in [0.1, 0.15) is 12.2 Å². The highest BCUT2D eigenvalue weighted by molar-refractivity contribution is 8.13. The zero-order chi connectivity index (χ0) is 28.6. The van der Waals surface area contributed by atoms with Gasteiger partial charge in [0.05, 0.1) is 38.2 Å². The standard InChI is InChI=1S/C22H32N5O10PS/c1-6-32-17-14-16(25-20(23)26-17)27(11-24-14)18-22(5,36-12(2)29)15-13(35-18)9-34-38(31,37-15)33-7-8-39-19(30)21(3,4)10-28/h11,13,15,18,28H,6-10H2,1-5H3,(H2,23,25,26)/t13-,15-,18-,22-,38+/m1/s1. The molecule has 0 aromatic carbocycles. The average Bonchev–Trinajstić information content (AvgIpc) is 3.39. The SMILES string of the molecule is CCOc1nc(N)nc2c1ncn2[C@@H]1O[C@@H]2CO[P@](=O)(OCCSC(=O)C(C)(C)CO)O[C@H]2[C@@]1(C)OC(C)=O. The molecular weight excluding hydrogens is 557 g/mol. The third-order valence-electron chi connectivity index (χ3n) is 6.15. The van der Waals surface area contributed by atoms with Crippen LogP contribution in [0.15, 0.2) is 6.33 Å². The number of esters is 1. The maximum Gasteiger partial charge on any atom is 0.475 e. The van der Waals surface area contributed by atoms with E-state index in [1.54, 1.807) is 27.7 Å². The molecular formula is C22H32N5O10PS. The van der Waals surface area contributed by atoms with Crippen molar-refractivity contribution in [1.29, 1.82) is 0 Å². The Morgan fingerprint density at radius 1 is 1.38 bits per heavy atom. The van der Waals surface area contributed by atoms with Gasteiger partial charge >= 0.3 is 13.8 Å². The Bertz CT molecular complexity index is 1290. The number of carbonyl (C=O) groups excluding carboxylic acids is 2. The van der Waals surface area contributed by atoms with E-state index in [2.05, 4.69) is 15.0 Å². The molecule has 0 saturated carbocycles. The number of phosphoric ester groups is 1. The van der Waals surface area contributed by atoms with Crippen LogP contribution in [0, 0.1) is 5.41 Å². The Hall–Kier alpha value is -2.33. The summed E-state index contributed by atoms with van der Waals surface area (Å²) in [6.45, 7) is 7.52. The van der Waals surface area contributed by atoms with Gasteiger partial charge in [-0.25, -0.2) is 9.55 Å². The van der Waals surface area contributed by atoms with Crippen molar-refractivity contribution in [3.05, 3.63) is 6.33 Å². The van der Waals surface area contributed by atoms with Crippen LogP contribution in [0.3, 0.4) is 0 Å². The lowest BCUT2D eigenvalue weighted by atomic mass is 9.96. The number of nitrogens with zero attached hydrogens (tertiary/aromatic N) is 4. The fourth-order valence-corrected chi connectivity index (χ4v) is 6.60. The van der Waals surface area contributed by atoms with Gasteiger partial charge in [0, 0.05) is 12.7 Å². The third-order valence-corrected chi connectivity index (χ3v) is 8.79. The molecule has 2 aromatic rings. The molecule has 15 nitrogen and oxygen atoms in total. The molecule has 0 amide bonds. The molecule has 0 bridgehead atoms. The van der Waals surface area contributed by atoms with E-state index in [0.717, 1.165) is 11.8 Å². The van der Waals surface area contributed by atoms with Crippen LogP contribution in [0.1, 0.15) is 40.8 Å².